The van der Waals surface area contributed by atoms with Gasteiger partial charge in [-0.05, 0) is 81.3 Å². The quantitative estimate of drug-likeness (QED) is 0.0749. The smallest absolute Gasteiger partial charge is 0.246 e. The first-order chi connectivity index (χ1) is 34.0. The summed E-state index contributed by atoms with van der Waals surface area (Å²) in [5.41, 5.74) is 8.50. The van der Waals surface area contributed by atoms with Gasteiger partial charge in [-0.2, -0.15) is 10.4 Å². The van der Waals surface area contributed by atoms with E-state index in [1.54, 1.807) is 28.1 Å². The molecule has 2 aliphatic heterocycles. The topological polar surface area (TPSA) is 227 Å². The number of anilines is 2. The van der Waals surface area contributed by atoms with E-state index in [1.165, 1.54) is 22.4 Å². The fraction of sp³-hybridized carbons (Fsp3) is 0.451. The number of hydrogen-bond donors (Lipinski definition) is 4. The number of pyridine rings is 1. The molecule has 7 heterocycles. The monoisotopic (exact) mass is 999 g/mol. The Balaban J connectivity index is 0.799. The normalized spacial score (nSPS) is 17.0. The highest BCUT2D eigenvalue weighted by Gasteiger charge is 2.44. The predicted octanol–water partition coefficient (Wildman–Crippen LogP) is 6.62. The number of aromatic nitrogens is 6. The van der Waals surface area contributed by atoms with Crippen molar-refractivity contribution in [2.75, 3.05) is 42.9 Å². The van der Waals surface area contributed by atoms with Crippen LogP contribution in [0.5, 0.6) is 0 Å². The Kier molecular flexibility index (Phi) is 15.4. The van der Waals surface area contributed by atoms with Crippen LogP contribution in [-0.4, -0.2) is 125 Å². The van der Waals surface area contributed by atoms with E-state index in [4.69, 9.17) is 4.98 Å². The maximum atomic E-state index is 14.2. The number of amides is 4. The minimum Gasteiger partial charge on any atom is -0.391 e. The number of carbonyl (C=O) groups is 4. The average molecular weight is 1000 g/mol. The van der Waals surface area contributed by atoms with Gasteiger partial charge in [-0.25, -0.2) is 9.50 Å². The Hall–Kier alpha value is -6.82. The molecule has 4 amide bonds. The third kappa shape index (κ3) is 11.7. The van der Waals surface area contributed by atoms with Gasteiger partial charge >= 0.3 is 0 Å². The number of rotatable bonds is 16. The Bertz CT molecular complexity index is 2930. The van der Waals surface area contributed by atoms with E-state index in [1.807, 2.05) is 87.5 Å². The van der Waals surface area contributed by atoms with Crippen molar-refractivity contribution in [3.05, 3.63) is 83.3 Å². The van der Waals surface area contributed by atoms with Gasteiger partial charge in [0.25, 0.3) is 0 Å². The molecule has 0 bridgehead atoms. The van der Waals surface area contributed by atoms with Crippen molar-refractivity contribution in [3.8, 4) is 38.5 Å². The summed E-state index contributed by atoms with van der Waals surface area (Å²) >= 11 is 3.04. The van der Waals surface area contributed by atoms with Crippen molar-refractivity contribution in [1.29, 1.82) is 5.26 Å². The first-order valence-electron chi connectivity index (χ1n) is 24.1. The predicted molar refractivity (Wildman–Crippen MR) is 274 cm³/mol. The van der Waals surface area contributed by atoms with Crippen LogP contribution in [0.3, 0.4) is 0 Å². The fourth-order valence-electron chi connectivity index (χ4n) is 9.02. The van der Waals surface area contributed by atoms with E-state index < -0.39 is 29.5 Å². The number of nitriles is 1. The Labute approximate surface area is 421 Å². The zero-order valence-electron chi connectivity index (χ0n) is 41.2. The molecule has 0 radical (unpaired) electrons. The van der Waals surface area contributed by atoms with Crippen molar-refractivity contribution in [2.45, 2.75) is 111 Å². The van der Waals surface area contributed by atoms with Crippen LogP contribution in [0.4, 0.5) is 10.8 Å². The minimum absolute atomic E-state index is 0.0160. The van der Waals surface area contributed by atoms with Gasteiger partial charge in [0.1, 0.15) is 18.2 Å². The van der Waals surface area contributed by atoms with Crippen LogP contribution in [0, 0.1) is 23.7 Å². The summed E-state index contributed by atoms with van der Waals surface area (Å²) in [5, 5.41) is 44.5. The second-order valence-corrected chi connectivity index (χ2v) is 21.5. The second-order valence-electron chi connectivity index (χ2n) is 19.7. The van der Waals surface area contributed by atoms with Gasteiger partial charge in [0.05, 0.1) is 62.5 Å². The molecule has 2 aliphatic rings. The summed E-state index contributed by atoms with van der Waals surface area (Å²) < 4.78 is 1.76. The Morgan fingerprint density at radius 3 is 2.37 bits per heavy atom. The van der Waals surface area contributed by atoms with Crippen LogP contribution in [0.1, 0.15) is 96.5 Å². The minimum atomic E-state index is -0.941. The van der Waals surface area contributed by atoms with Crippen LogP contribution < -0.4 is 20.9 Å². The van der Waals surface area contributed by atoms with Gasteiger partial charge in [0, 0.05) is 69.9 Å². The molecule has 20 heteroatoms. The second kappa shape index (κ2) is 21.7. The lowest BCUT2D eigenvalue weighted by Crippen LogP contribution is -2.57. The summed E-state index contributed by atoms with van der Waals surface area (Å²) in [4.78, 5) is 70.2. The maximum absolute atomic E-state index is 14.2. The number of β-amino-alcohol motifs (C(OH)–C–C–N with tert-alkyl or cyclic N) is 1. The molecule has 8 rings (SSSR count). The van der Waals surface area contributed by atoms with E-state index in [2.05, 4.69) is 61.0 Å². The van der Waals surface area contributed by atoms with Crippen LogP contribution in [0.15, 0.2) is 66.4 Å². The van der Waals surface area contributed by atoms with E-state index in [-0.39, 0.29) is 49.2 Å². The number of nitrogens with one attached hydrogen (secondary N) is 3. The number of carbonyl (C=O) groups excluding carboxylic acids is 4. The lowest BCUT2D eigenvalue weighted by molar-refractivity contribution is -0.144. The van der Waals surface area contributed by atoms with Gasteiger partial charge in [-0.1, -0.05) is 56.4 Å². The molecular formula is C51H61N13O5S2. The van der Waals surface area contributed by atoms with Crippen molar-refractivity contribution in [1.82, 2.24) is 50.2 Å². The molecule has 71 heavy (non-hydrogen) atoms. The summed E-state index contributed by atoms with van der Waals surface area (Å²) in [7, 11) is 0. The first-order valence-corrected chi connectivity index (χ1v) is 25.8. The van der Waals surface area contributed by atoms with Crippen molar-refractivity contribution >= 4 is 62.6 Å². The molecule has 1 unspecified atom stereocenters. The van der Waals surface area contributed by atoms with Crippen molar-refractivity contribution in [2.24, 2.45) is 5.41 Å². The van der Waals surface area contributed by atoms with Crippen molar-refractivity contribution < 1.29 is 24.3 Å². The number of aliphatic hydroxyl groups excluding tert-OH is 1. The molecule has 4 atom stereocenters. The third-order valence-electron chi connectivity index (χ3n) is 12.9. The Morgan fingerprint density at radius 1 is 0.930 bits per heavy atom. The number of piperazine rings is 1. The van der Waals surface area contributed by atoms with Gasteiger partial charge < -0.3 is 35.8 Å². The summed E-state index contributed by atoms with van der Waals surface area (Å²) in [5.74, 6) is -1.08. The number of nitrogens with zero attached hydrogens (tertiary/aromatic N) is 10. The number of hydrogen-bond acceptors (Lipinski definition) is 15. The summed E-state index contributed by atoms with van der Waals surface area (Å²) in [6, 6.07) is 15.6. The lowest BCUT2D eigenvalue weighted by Gasteiger charge is -2.35. The zero-order chi connectivity index (χ0) is 50.6. The molecule has 2 saturated heterocycles. The molecule has 2 fully saturated rings. The van der Waals surface area contributed by atoms with Crippen LogP contribution >= 0.6 is 22.7 Å². The average Bonchev–Trinajstić information content (AvgIpc) is 4.18. The highest BCUT2D eigenvalue weighted by molar-refractivity contribution is 7.18. The molecule has 5 aromatic heterocycles. The largest absolute Gasteiger partial charge is 0.391 e. The van der Waals surface area contributed by atoms with Crippen molar-refractivity contribution in [3.63, 3.8) is 0 Å². The molecule has 0 aliphatic carbocycles. The molecule has 372 valence electrons. The van der Waals surface area contributed by atoms with E-state index >= 15 is 0 Å². The van der Waals surface area contributed by atoms with Crippen LogP contribution in [0.2, 0.25) is 0 Å². The Morgan fingerprint density at radius 2 is 1.68 bits per heavy atom. The molecule has 0 saturated carbocycles. The van der Waals surface area contributed by atoms with Gasteiger partial charge in [-0.3, -0.25) is 24.2 Å². The number of aliphatic hydroxyl groups is 1. The number of unbranched alkanes of at least 4 members (excludes halogenated alkanes) is 1. The zero-order valence-corrected chi connectivity index (χ0v) is 42.8. The van der Waals surface area contributed by atoms with Crippen LogP contribution in [-0.2, 0) is 19.2 Å². The number of benzene rings is 1. The number of thiazole rings is 1. The molecular weight excluding hydrogens is 939 g/mol. The number of likely N-dealkylation sites (tertiary alicyclic amines) is 1. The highest BCUT2D eigenvalue weighted by atomic mass is 32.1. The molecule has 0 spiro atoms. The third-order valence-corrected chi connectivity index (χ3v) is 14.9. The standard InChI is InChI=1S/C51H61N13O5S2/c1-30(2)56-39-24-40(41-17-16-36-22-33(25-52)26-55-64(36)41)53-27-38(39)48-59-60-50(71-48)62-20-18-61(19-21-62)44(67)11-9-8-10-43(66)58-46(51(5,6)7)49(69)63-28-37(65)23-42(63)47(68)57-31(3)34-12-14-35(15-13-34)45-32(4)54-29-70-45/h12-17,22,24,26-27,29-31,37,42,46,65H,8-11,18-21,23,28H2,1-7H3,(H,53,56)(H,57,68)(H,58,66)/t31-,37+,42-,46?/m0/s1. The lowest BCUT2D eigenvalue weighted by atomic mass is 9.85. The maximum Gasteiger partial charge on any atom is 0.246 e. The van der Waals surface area contributed by atoms with E-state index in [9.17, 15) is 29.5 Å². The summed E-state index contributed by atoms with van der Waals surface area (Å²) in [6.07, 6.45) is 3.92. The SMILES string of the molecule is Cc1ncsc1-c1ccc([C@H](C)NC(=O)[C@@H]2C[C@@H](O)CN2C(=O)C(NC(=O)CCCCC(=O)N2CCN(c3nnc(-c4cnc(-c5ccc6cc(C#N)cnn56)cc4NC(C)C)s3)CC2)C(C)(C)C)cc1. The van der Waals surface area contributed by atoms with Crippen LogP contribution in [0.25, 0.3) is 37.9 Å². The van der Waals surface area contributed by atoms with E-state index in [0.29, 0.717) is 61.7 Å². The molecule has 6 aromatic rings. The van der Waals surface area contributed by atoms with E-state index in [0.717, 1.165) is 49.3 Å². The summed E-state index contributed by atoms with van der Waals surface area (Å²) in [6.45, 7) is 15.8. The van der Waals surface area contributed by atoms with Gasteiger partial charge in [0.2, 0.25) is 28.8 Å². The molecule has 18 nitrogen and oxygen atoms in total. The number of fused-ring (bicyclic) bond motifs is 1. The fourth-order valence-corrected chi connectivity index (χ4v) is 10.8. The van der Waals surface area contributed by atoms with Gasteiger partial charge in [0.15, 0.2) is 5.01 Å². The highest BCUT2D eigenvalue weighted by Crippen LogP contribution is 2.37. The number of aryl methyl sites for hydroxylation is 1. The first kappa shape index (κ1) is 50.6. The molecule has 1 aromatic carbocycles. The molecule has 4 N–H and O–H groups in total. The van der Waals surface area contributed by atoms with Gasteiger partial charge in [-0.15, -0.1) is 21.5 Å².